The monoisotopic (exact) mass is 287 g/mol. The first-order valence-electron chi connectivity index (χ1n) is 8.43. The van der Waals surface area contributed by atoms with E-state index in [1.807, 2.05) is 0 Å². The van der Waals surface area contributed by atoms with Crippen molar-refractivity contribution in [3.8, 4) is 0 Å². The summed E-state index contributed by atoms with van der Waals surface area (Å²) in [5, 5.41) is 0. The number of aryl methyl sites for hydroxylation is 1. The second-order valence-electron chi connectivity index (χ2n) is 6.89. The Morgan fingerprint density at radius 2 is 1.62 bits per heavy atom. The molecule has 3 nitrogen and oxygen atoms in total. The zero-order valence-electron chi connectivity index (χ0n) is 13.8. The highest BCUT2D eigenvalue weighted by atomic mass is 15.3. The van der Waals surface area contributed by atoms with Gasteiger partial charge in [0.1, 0.15) is 0 Å². The van der Waals surface area contributed by atoms with Crippen molar-refractivity contribution in [2.75, 3.05) is 44.2 Å². The highest BCUT2D eigenvalue weighted by molar-refractivity contribution is 5.47. The molecular weight excluding hydrogens is 258 g/mol. The fourth-order valence-electron chi connectivity index (χ4n) is 3.64. The third-order valence-corrected chi connectivity index (χ3v) is 5.15. The van der Waals surface area contributed by atoms with Crippen LogP contribution in [0, 0.1) is 6.92 Å². The molecule has 0 spiro atoms. The van der Waals surface area contributed by atoms with Gasteiger partial charge >= 0.3 is 0 Å². The molecular formula is C18H29N3. The maximum absolute atomic E-state index is 2.72. The molecule has 2 aliphatic heterocycles. The molecule has 0 aliphatic carbocycles. The normalized spacial score (nSPS) is 25.0. The third kappa shape index (κ3) is 3.41. The van der Waals surface area contributed by atoms with E-state index in [1.54, 1.807) is 0 Å². The van der Waals surface area contributed by atoms with E-state index in [4.69, 9.17) is 0 Å². The van der Waals surface area contributed by atoms with Gasteiger partial charge in [0.05, 0.1) is 0 Å². The van der Waals surface area contributed by atoms with Crippen molar-refractivity contribution in [2.45, 2.75) is 39.3 Å². The standard InChI is InChI=1S/C18H29N3/c1-15(2)21-9-8-18(14-21)20-12-10-19(11-13-20)17-6-4-16(3)5-7-17/h4-7,15,18H,8-14H2,1-3H3. The second kappa shape index (κ2) is 6.37. The summed E-state index contributed by atoms with van der Waals surface area (Å²) in [5.41, 5.74) is 2.73. The van der Waals surface area contributed by atoms with Crippen LogP contribution in [0.15, 0.2) is 24.3 Å². The van der Waals surface area contributed by atoms with Gasteiger partial charge in [-0.2, -0.15) is 0 Å². The highest BCUT2D eigenvalue weighted by Crippen LogP contribution is 2.22. The smallest absolute Gasteiger partial charge is 0.0367 e. The second-order valence-corrected chi connectivity index (χ2v) is 6.89. The Labute approximate surface area is 129 Å². The van der Waals surface area contributed by atoms with Crippen molar-refractivity contribution in [2.24, 2.45) is 0 Å². The molecule has 0 radical (unpaired) electrons. The lowest BCUT2D eigenvalue weighted by Gasteiger charge is -2.39. The molecule has 21 heavy (non-hydrogen) atoms. The molecule has 0 aromatic heterocycles. The first-order chi connectivity index (χ1) is 10.1. The minimum Gasteiger partial charge on any atom is -0.369 e. The van der Waals surface area contributed by atoms with E-state index in [9.17, 15) is 0 Å². The van der Waals surface area contributed by atoms with Crippen molar-refractivity contribution in [1.82, 2.24) is 9.80 Å². The highest BCUT2D eigenvalue weighted by Gasteiger charge is 2.30. The lowest BCUT2D eigenvalue weighted by molar-refractivity contribution is 0.174. The van der Waals surface area contributed by atoms with E-state index in [-0.39, 0.29) is 0 Å². The summed E-state index contributed by atoms with van der Waals surface area (Å²) in [5.74, 6) is 0. The van der Waals surface area contributed by atoms with Crippen molar-refractivity contribution in [3.05, 3.63) is 29.8 Å². The molecule has 2 saturated heterocycles. The fourth-order valence-corrected chi connectivity index (χ4v) is 3.64. The molecule has 1 aromatic carbocycles. The predicted molar refractivity (Wildman–Crippen MR) is 90.1 cm³/mol. The molecule has 116 valence electrons. The molecule has 2 heterocycles. The summed E-state index contributed by atoms with van der Waals surface area (Å²) < 4.78 is 0. The first-order valence-corrected chi connectivity index (χ1v) is 8.43. The summed E-state index contributed by atoms with van der Waals surface area (Å²) in [6.07, 6.45) is 1.35. The largest absolute Gasteiger partial charge is 0.369 e. The lowest BCUT2D eigenvalue weighted by Crippen LogP contribution is -2.51. The number of likely N-dealkylation sites (tertiary alicyclic amines) is 1. The van der Waals surface area contributed by atoms with E-state index in [1.165, 1.54) is 56.9 Å². The van der Waals surface area contributed by atoms with Gasteiger partial charge in [0.15, 0.2) is 0 Å². The van der Waals surface area contributed by atoms with E-state index < -0.39 is 0 Å². The fraction of sp³-hybridized carbons (Fsp3) is 0.667. The zero-order valence-corrected chi connectivity index (χ0v) is 13.8. The average Bonchev–Trinajstić information content (AvgIpc) is 2.98. The van der Waals surface area contributed by atoms with E-state index in [0.717, 1.165) is 6.04 Å². The Bertz CT molecular complexity index is 446. The van der Waals surface area contributed by atoms with Gasteiger partial charge in [-0.1, -0.05) is 17.7 Å². The van der Waals surface area contributed by atoms with Gasteiger partial charge in [0, 0.05) is 57.0 Å². The molecule has 1 atom stereocenters. The Balaban J connectivity index is 1.52. The summed E-state index contributed by atoms with van der Waals surface area (Å²) in [6, 6.07) is 10.5. The van der Waals surface area contributed by atoms with Crippen LogP contribution in [0.5, 0.6) is 0 Å². The van der Waals surface area contributed by atoms with Gasteiger partial charge < -0.3 is 4.90 Å². The maximum atomic E-state index is 2.72. The van der Waals surface area contributed by atoms with Gasteiger partial charge in [-0.25, -0.2) is 0 Å². The molecule has 1 unspecified atom stereocenters. The molecule has 0 N–H and O–H groups in total. The maximum Gasteiger partial charge on any atom is 0.0367 e. The van der Waals surface area contributed by atoms with E-state index >= 15 is 0 Å². The minimum atomic E-state index is 0.698. The molecule has 2 aliphatic rings. The average molecular weight is 287 g/mol. The van der Waals surface area contributed by atoms with Crippen molar-refractivity contribution in [1.29, 1.82) is 0 Å². The number of benzene rings is 1. The van der Waals surface area contributed by atoms with Crippen LogP contribution in [0.2, 0.25) is 0 Å². The minimum absolute atomic E-state index is 0.698. The van der Waals surface area contributed by atoms with Gasteiger partial charge in [0.25, 0.3) is 0 Å². The third-order valence-electron chi connectivity index (χ3n) is 5.15. The lowest BCUT2D eigenvalue weighted by atomic mass is 10.1. The molecule has 2 fully saturated rings. The van der Waals surface area contributed by atoms with Crippen LogP contribution in [0.25, 0.3) is 0 Å². The Morgan fingerprint density at radius 1 is 0.952 bits per heavy atom. The van der Waals surface area contributed by atoms with Gasteiger partial charge in [-0.15, -0.1) is 0 Å². The molecule has 0 bridgehead atoms. The van der Waals surface area contributed by atoms with Gasteiger partial charge in [-0.3, -0.25) is 9.80 Å². The quantitative estimate of drug-likeness (QED) is 0.846. The van der Waals surface area contributed by atoms with Crippen molar-refractivity contribution >= 4 is 5.69 Å². The van der Waals surface area contributed by atoms with Gasteiger partial charge in [-0.05, 0) is 39.3 Å². The predicted octanol–water partition coefficient (Wildman–Crippen LogP) is 2.60. The van der Waals surface area contributed by atoms with Crippen molar-refractivity contribution in [3.63, 3.8) is 0 Å². The Kier molecular flexibility index (Phi) is 4.51. The van der Waals surface area contributed by atoms with Crippen LogP contribution in [0.1, 0.15) is 25.8 Å². The van der Waals surface area contributed by atoms with Crippen LogP contribution in [0.3, 0.4) is 0 Å². The SMILES string of the molecule is Cc1ccc(N2CCN(C3CCN(C(C)C)C3)CC2)cc1. The number of nitrogens with zero attached hydrogens (tertiary/aromatic N) is 3. The number of piperazine rings is 1. The summed E-state index contributed by atoms with van der Waals surface area (Å²) in [4.78, 5) is 7.87. The zero-order chi connectivity index (χ0) is 14.8. The molecule has 3 rings (SSSR count). The molecule has 0 saturated carbocycles. The van der Waals surface area contributed by atoms with Crippen molar-refractivity contribution < 1.29 is 0 Å². The Morgan fingerprint density at radius 3 is 2.19 bits per heavy atom. The summed E-state index contributed by atoms with van der Waals surface area (Å²) in [7, 11) is 0. The van der Waals surface area contributed by atoms with Crippen LogP contribution in [-0.2, 0) is 0 Å². The molecule has 0 amide bonds. The first kappa shape index (κ1) is 14.9. The van der Waals surface area contributed by atoms with Gasteiger partial charge in [0.2, 0.25) is 0 Å². The molecule has 1 aromatic rings. The Hall–Kier alpha value is -1.06. The number of hydrogen-bond acceptors (Lipinski definition) is 3. The number of anilines is 1. The topological polar surface area (TPSA) is 9.72 Å². The van der Waals surface area contributed by atoms with Crippen LogP contribution < -0.4 is 4.90 Å². The number of hydrogen-bond donors (Lipinski definition) is 0. The summed E-state index contributed by atoms with van der Waals surface area (Å²) >= 11 is 0. The van der Waals surface area contributed by atoms with Crippen LogP contribution in [0.4, 0.5) is 5.69 Å². The molecule has 3 heteroatoms. The number of rotatable bonds is 3. The van der Waals surface area contributed by atoms with E-state index in [2.05, 4.69) is 59.7 Å². The summed E-state index contributed by atoms with van der Waals surface area (Å²) in [6.45, 7) is 14.1. The van der Waals surface area contributed by atoms with E-state index in [0.29, 0.717) is 6.04 Å². The van der Waals surface area contributed by atoms with Crippen LogP contribution in [-0.4, -0.2) is 61.2 Å². The van der Waals surface area contributed by atoms with Crippen LogP contribution >= 0.6 is 0 Å².